The molecule has 8 heteroatoms. The van der Waals surface area contributed by atoms with Crippen LogP contribution in [0.15, 0.2) is 18.2 Å². The molecular weight excluding hydrogens is 302 g/mol. The first kappa shape index (κ1) is 15.4. The summed E-state index contributed by atoms with van der Waals surface area (Å²) in [6.45, 7) is 1.16. The van der Waals surface area contributed by atoms with E-state index in [1.807, 2.05) is 0 Å². The minimum absolute atomic E-state index is 0.116. The van der Waals surface area contributed by atoms with Crippen molar-refractivity contribution in [1.82, 2.24) is 4.90 Å². The number of anilines is 1. The van der Waals surface area contributed by atoms with Crippen LogP contribution >= 0.6 is 11.8 Å². The van der Waals surface area contributed by atoms with Gasteiger partial charge < -0.3 is 5.32 Å². The van der Waals surface area contributed by atoms with Gasteiger partial charge in [-0.3, -0.25) is 19.3 Å². The highest BCUT2D eigenvalue weighted by Gasteiger charge is 2.33. The number of carbonyl (C=O) groups is 3. The Bertz CT molecular complexity index is 609. The third-order valence-electron chi connectivity index (χ3n) is 2.88. The first-order valence-electron chi connectivity index (χ1n) is 6.09. The summed E-state index contributed by atoms with van der Waals surface area (Å²) >= 11 is 1.20. The third-order valence-corrected chi connectivity index (χ3v) is 3.99. The number of hydrogen-bond donors (Lipinski definition) is 1. The summed E-state index contributed by atoms with van der Waals surface area (Å²) < 4.78 is 26.1. The number of nitrogens with zero attached hydrogens (tertiary/aromatic N) is 1. The molecule has 1 aromatic carbocycles. The minimum atomic E-state index is -0.927. The van der Waals surface area contributed by atoms with E-state index in [9.17, 15) is 23.2 Å². The van der Waals surface area contributed by atoms with Gasteiger partial charge in [-0.25, -0.2) is 8.78 Å². The molecular formula is C13H12F2N2O3S. The number of rotatable bonds is 3. The summed E-state index contributed by atoms with van der Waals surface area (Å²) in [5, 5.41) is 1.80. The average Bonchev–Trinajstić information content (AvgIpc) is 2.42. The lowest BCUT2D eigenvalue weighted by molar-refractivity contribution is -0.145. The molecule has 0 radical (unpaired) electrons. The quantitative estimate of drug-likeness (QED) is 0.856. The SMILES string of the molecule is CC1SCC(=O)N(CC(=O)Nc2ccc(F)cc2F)C1=O. The normalized spacial score (nSPS) is 18.8. The van der Waals surface area contributed by atoms with Crippen LogP contribution in [0.3, 0.4) is 0 Å². The maximum absolute atomic E-state index is 13.4. The van der Waals surface area contributed by atoms with Crippen LogP contribution in [0, 0.1) is 11.6 Å². The van der Waals surface area contributed by atoms with Crippen molar-refractivity contribution in [3.05, 3.63) is 29.8 Å². The highest BCUT2D eigenvalue weighted by Crippen LogP contribution is 2.20. The van der Waals surface area contributed by atoms with Crippen molar-refractivity contribution >= 4 is 35.2 Å². The Morgan fingerprint density at radius 3 is 2.81 bits per heavy atom. The van der Waals surface area contributed by atoms with Crippen LogP contribution in [-0.2, 0) is 14.4 Å². The topological polar surface area (TPSA) is 66.5 Å². The number of hydrogen-bond acceptors (Lipinski definition) is 4. The fraction of sp³-hybridized carbons (Fsp3) is 0.308. The second-order valence-corrected chi connectivity index (χ2v) is 5.77. The number of halogens is 2. The molecule has 1 unspecified atom stereocenters. The van der Waals surface area contributed by atoms with E-state index in [0.717, 1.165) is 17.0 Å². The fourth-order valence-corrected chi connectivity index (χ4v) is 2.60. The van der Waals surface area contributed by atoms with Crippen LogP contribution in [-0.4, -0.2) is 40.2 Å². The first-order valence-corrected chi connectivity index (χ1v) is 7.14. The van der Waals surface area contributed by atoms with Crippen molar-refractivity contribution in [3.63, 3.8) is 0 Å². The van der Waals surface area contributed by atoms with Crippen molar-refractivity contribution in [1.29, 1.82) is 0 Å². The van der Waals surface area contributed by atoms with Gasteiger partial charge >= 0.3 is 0 Å². The molecule has 0 aromatic heterocycles. The predicted octanol–water partition coefficient (Wildman–Crippen LogP) is 1.39. The van der Waals surface area contributed by atoms with Crippen LogP contribution in [0.5, 0.6) is 0 Å². The molecule has 0 spiro atoms. The molecule has 2 rings (SSSR count). The largest absolute Gasteiger partial charge is 0.322 e. The van der Waals surface area contributed by atoms with Crippen LogP contribution in [0.4, 0.5) is 14.5 Å². The van der Waals surface area contributed by atoms with Gasteiger partial charge in [-0.05, 0) is 19.1 Å². The zero-order valence-corrected chi connectivity index (χ0v) is 11.9. The Hall–Kier alpha value is -1.96. The van der Waals surface area contributed by atoms with E-state index in [1.165, 1.54) is 11.8 Å². The van der Waals surface area contributed by atoms with Gasteiger partial charge in [-0.1, -0.05) is 0 Å². The summed E-state index contributed by atoms with van der Waals surface area (Å²) in [5.41, 5.74) is -0.208. The van der Waals surface area contributed by atoms with Crippen LogP contribution in [0.25, 0.3) is 0 Å². The second kappa shape index (κ2) is 6.21. The van der Waals surface area contributed by atoms with Gasteiger partial charge in [0.05, 0.1) is 16.7 Å². The molecule has 0 saturated carbocycles. The molecule has 1 atom stereocenters. The molecule has 5 nitrogen and oxygen atoms in total. The van der Waals surface area contributed by atoms with E-state index in [-0.39, 0.29) is 11.4 Å². The molecule has 0 aliphatic carbocycles. The molecule has 1 aliphatic heterocycles. The van der Waals surface area contributed by atoms with Crippen molar-refractivity contribution in [3.8, 4) is 0 Å². The summed E-state index contributed by atoms with van der Waals surface area (Å²) in [6.07, 6.45) is 0. The summed E-state index contributed by atoms with van der Waals surface area (Å²) in [6, 6.07) is 2.70. The van der Waals surface area contributed by atoms with Crippen molar-refractivity contribution in [2.45, 2.75) is 12.2 Å². The van der Waals surface area contributed by atoms with Gasteiger partial charge in [0.15, 0.2) is 0 Å². The Labute approximate surface area is 123 Å². The summed E-state index contributed by atoms with van der Waals surface area (Å²) in [5.74, 6) is -3.21. The standard InChI is InChI=1S/C13H12F2N2O3S/c1-7-13(20)17(12(19)6-21-7)5-11(18)16-10-3-2-8(14)4-9(10)15/h2-4,7H,5-6H2,1H3,(H,16,18). The van der Waals surface area contributed by atoms with E-state index < -0.39 is 41.2 Å². The predicted molar refractivity (Wildman–Crippen MR) is 73.6 cm³/mol. The van der Waals surface area contributed by atoms with Crippen LogP contribution in [0.2, 0.25) is 0 Å². The number of thioether (sulfide) groups is 1. The lowest BCUT2D eigenvalue weighted by Gasteiger charge is -2.27. The maximum Gasteiger partial charge on any atom is 0.244 e. The van der Waals surface area contributed by atoms with Gasteiger partial charge in [0, 0.05) is 6.07 Å². The Kier molecular flexibility index (Phi) is 4.56. The maximum atomic E-state index is 13.4. The number of amides is 3. The van der Waals surface area contributed by atoms with Crippen molar-refractivity contribution < 1.29 is 23.2 Å². The monoisotopic (exact) mass is 314 g/mol. The zero-order valence-electron chi connectivity index (χ0n) is 11.1. The number of carbonyl (C=O) groups excluding carboxylic acids is 3. The number of nitrogens with one attached hydrogen (secondary N) is 1. The molecule has 1 aliphatic rings. The van der Waals surface area contributed by atoms with E-state index in [0.29, 0.717) is 6.07 Å². The van der Waals surface area contributed by atoms with Crippen molar-refractivity contribution in [2.24, 2.45) is 0 Å². The lowest BCUT2D eigenvalue weighted by atomic mass is 10.3. The molecule has 1 fully saturated rings. The Morgan fingerprint density at radius 1 is 1.43 bits per heavy atom. The van der Waals surface area contributed by atoms with Gasteiger partial charge in [0.2, 0.25) is 17.7 Å². The first-order chi connectivity index (χ1) is 9.88. The molecule has 0 bridgehead atoms. The zero-order chi connectivity index (χ0) is 15.6. The summed E-state index contributed by atoms with van der Waals surface area (Å²) in [7, 11) is 0. The number of imide groups is 1. The Balaban J connectivity index is 2.04. The molecule has 112 valence electrons. The Morgan fingerprint density at radius 2 is 2.14 bits per heavy atom. The van der Waals surface area contributed by atoms with Gasteiger partial charge in [-0.2, -0.15) is 0 Å². The second-order valence-electron chi connectivity index (χ2n) is 4.44. The van der Waals surface area contributed by atoms with E-state index in [2.05, 4.69) is 5.32 Å². The van der Waals surface area contributed by atoms with E-state index in [1.54, 1.807) is 6.92 Å². The minimum Gasteiger partial charge on any atom is -0.322 e. The highest BCUT2D eigenvalue weighted by molar-refractivity contribution is 8.01. The third kappa shape index (κ3) is 3.57. The van der Waals surface area contributed by atoms with Crippen molar-refractivity contribution in [2.75, 3.05) is 17.6 Å². The van der Waals surface area contributed by atoms with Gasteiger partial charge in [-0.15, -0.1) is 11.8 Å². The van der Waals surface area contributed by atoms with E-state index in [4.69, 9.17) is 0 Å². The molecule has 1 saturated heterocycles. The summed E-state index contributed by atoms with van der Waals surface area (Å²) in [4.78, 5) is 36.1. The smallest absolute Gasteiger partial charge is 0.244 e. The molecule has 1 aromatic rings. The van der Waals surface area contributed by atoms with E-state index >= 15 is 0 Å². The fourth-order valence-electron chi connectivity index (χ4n) is 1.78. The van der Waals surface area contributed by atoms with Gasteiger partial charge in [0.1, 0.15) is 18.2 Å². The number of benzene rings is 1. The average molecular weight is 314 g/mol. The van der Waals surface area contributed by atoms with Gasteiger partial charge in [0.25, 0.3) is 0 Å². The molecule has 1 heterocycles. The molecule has 21 heavy (non-hydrogen) atoms. The lowest BCUT2D eigenvalue weighted by Crippen LogP contribution is -2.49. The molecule has 3 amide bonds. The molecule has 1 N–H and O–H groups in total. The highest BCUT2D eigenvalue weighted by atomic mass is 32.2. The van der Waals surface area contributed by atoms with Crippen LogP contribution in [0.1, 0.15) is 6.92 Å². The van der Waals surface area contributed by atoms with Crippen LogP contribution < -0.4 is 5.32 Å².